The zero-order chi connectivity index (χ0) is 78.5. The summed E-state index contributed by atoms with van der Waals surface area (Å²) in [6.07, 6.45) is 72.3. The molecule has 0 heterocycles. The van der Waals surface area contributed by atoms with E-state index >= 15 is 0 Å². The fourth-order valence-electron chi connectivity index (χ4n) is 13.7. The summed E-state index contributed by atoms with van der Waals surface area (Å²) in [5.41, 5.74) is 0. The van der Waals surface area contributed by atoms with E-state index in [1.54, 1.807) is 0 Å². The van der Waals surface area contributed by atoms with Gasteiger partial charge >= 0.3 is 39.5 Å². The highest BCUT2D eigenvalue weighted by atomic mass is 31.2. The number of carbonyl (C=O) groups excluding carboxylic acids is 4. The Kier molecular flexibility index (Phi) is 77.9. The highest BCUT2D eigenvalue weighted by Gasteiger charge is 2.31. The molecule has 19 heteroatoms. The first-order valence-corrected chi connectivity index (χ1v) is 48.5. The largest absolute Gasteiger partial charge is 0.472 e. The van der Waals surface area contributed by atoms with Crippen molar-refractivity contribution in [1.82, 2.24) is 0 Å². The van der Waals surface area contributed by atoms with E-state index in [9.17, 15) is 43.2 Å². The van der Waals surface area contributed by atoms with Gasteiger partial charge in [0.15, 0.2) is 12.2 Å². The van der Waals surface area contributed by atoms with Crippen molar-refractivity contribution in [2.75, 3.05) is 39.6 Å². The van der Waals surface area contributed by atoms with Crippen LogP contribution in [0.2, 0.25) is 0 Å². The Balaban J connectivity index is 5.20. The number of phosphoric ester groups is 2. The molecule has 3 unspecified atom stereocenters. The summed E-state index contributed by atoms with van der Waals surface area (Å²) in [5.74, 6) is -0.443. The number of unbranched alkanes of at least 4 members (excludes halogenated alkanes) is 56. The van der Waals surface area contributed by atoms with E-state index < -0.39 is 97.5 Å². The normalized spacial score (nSPS) is 14.0. The van der Waals surface area contributed by atoms with Crippen LogP contribution in [0.5, 0.6) is 0 Å². The highest BCUT2D eigenvalue weighted by molar-refractivity contribution is 7.47. The van der Waals surface area contributed by atoms with Crippen LogP contribution >= 0.6 is 15.6 Å². The van der Waals surface area contributed by atoms with Crippen LogP contribution < -0.4 is 0 Å². The predicted octanol–water partition coefficient (Wildman–Crippen LogP) is 27.0. The van der Waals surface area contributed by atoms with Crippen molar-refractivity contribution in [2.45, 2.75) is 490 Å². The molecular formula is C88H172O17P2. The van der Waals surface area contributed by atoms with Gasteiger partial charge in [0.05, 0.1) is 26.4 Å². The first-order chi connectivity index (χ1) is 51.9. The minimum atomic E-state index is -4.97. The summed E-state index contributed by atoms with van der Waals surface area (Å²) < 4.78 is 68.9. The van der Waals surface area contributed by atoms with Gasteiger partial charge in [-0.3, -0.25) is 37.3 Å². The summed E-state index contributed by atoms with van der Waals surface area (Å²) in [6, 6.07) is 0. The topological polar surface area (TPSA) is 237 Å². The van der Waals surface area contributed by atoms with Crippen molar-refractivity contribution in [3.05, 3.63) is 0 Å². The second kappa shape index (κ2) is 79.3. The molecule has 6 atom stereocenters. The third kappa shape index (κ3) is 80.5. The number of ether oxygens (including phenoxy) is 4. The van der Waals surface area contributed by atoms with Crippen molar-refractivity contribution in [3.63, 3.8) is 0 Å². The Labute approximate surface area is 658 Å². The van der Waals surface area contributed by atoms with Crippen LogP contribution in [0.1, 0.15) is 472 Å². The summed E-state index contributed by atoms with van der Waals surface area (Å²) in [6.45, 7) is 9.75. The van der Waals surface area contributed by atoms with Crippen LogP contribution in [-0.2, 0) is 65.4 Å². The maximum Gasteiger partial charge on any atom is 0.472 e. The first kappa shape index (κ1) is 105. The lowest BCUT2D eigenvalue weighted by atomic mass is 9.99. The van der Waals surface area contributed by atoms with Crippen LogP contribution in [0.25, 0.3) is 0 Å². The minimum absolute atomic E-state index is 0.108. The maximum absolute atomic E-state index is 13.2. The number of aliphatic hydroxyl groups excluding tert-OH is 1. The monoisotopic (exact) mass is 1560 g/mol. The SMILES string of the molecule is CCCCCCCCCCCCCCCCCCCCCCC(=O)OC[C@H](COP(=O)(O)OC[C@@H](O)COP(=O)(O)OC[C@@H](COC(=O)CCCCCCCCCCC)OC(=O)CCCCCCCCCCCCCCCC(C)C)OC(=O)CCCCCCCCCCCCCCCCCCCCC(C)CC. The molecule has 0 rings (SSSR count). The Morgan fingerprint density at radius 1 is 0.271 bits per heavy atom. The van der Waals surface area contributed by atoms with Crippen LogP contribution in [0, 0.1) is 11.8 Å². The minimum Gasteiger partial charge on any atom is -0.462 e. The van der Waals surface area contributed by atoms with Crippen LogP contribution in [0.15, 0.2) is 0 Å². The molecule has 0 saturated heterocycles. The van der Waals surface area contributed by atoms with Crippen molar-refractivity contribution in [3.8, 4) is 0 Å². The van der Waals surface area contributed by atoms with Gasteiger partial charge in [0, 0.05) is 25.7 Å². The third-order valence-electron chi connectivity index (χ3n) is 21.1. The zero-order valence-corrected chi connectivity index (χ0v) is 72.2. The molecule has 0 amide bonds. The molecule has 17 nitrogen and oxygen atoms in total. The fourth-order valence-corrected chi connectivity index (χ4v) is 15.3. The van der Waals surface area contributed by atoms with Crippen LogP contribution in [-0.4, -0.2) is 96.7 Å². The number of hydrogen-bond donors (Lipinski definition) is 3. The van der Waals surface area contributed by atoms with Crippen LogP contribution in [0.3, 0.4) is 0 Å². The molecule has 0 saturated carbocycles. The van der Waals surface area contributed by atoms with Gasteiger partial charge in [0.2, 0.25) is 0 Å². The number of aliphatic hydroxyl groups is 1. The van der Waals surface area contributed by atoms with Crippen molar-refractivity contribution >= 4 is 39.5 Å². The predicted molar refractivity (Wildman–Crippen MR) is 442 cm³/mol. The van der Waals surface area contributed by atoms with Gasteiger partial charge in [-0.2, -0.15) is 0 Å². The van der Waals surface area contributed by atoms with Gasteiger partial charge in [-0.25, -0.2) is 9.13 Å². The maximum atomic E-state index is 13.2. The number of carbonyl (C=O) groups is 4. The average Bonchev–Trinajstić information content (AvgIpc) is 0.903. The summed E-state index contributed by atoms with van der Waals surface area (Å²) >= 11 is 0. The lowest BCUT2D eigenvalue weighted by Gasteiger charge is -2.21. The Morgan fingerprint density at radius 2 is 0.477 bits per heavy atom. The lowest BCUT2D eigenvalue weighted by Crippen LogP contribution is -2.30. The quantitative estimate of drug-likeness (QED) is 0.0222. The Morgan fingerprint density at radius 3 is 0.710 bits per heavy atom. The standard InChI is InChI=1S/C88H172O17P2/c1-7-10-12-14-16-18-19-20-21-22-23-24-28-31-36-41-47-53-59-65-71-86(91)99-77-84(105-87(92)72-66-60-54-48-42-37-32-29-26-25-27-30-35-40-46-51-57-63-69-81(6)9-3)79-103-107(96,97)101-75-82(89)74-100-106(94,95)102-78-83(76-98-85(90)70-64-58-52-44-17-15-13-11-8-2)104-88(93)73-67-61-55-49-43-38-33-34-39-45-50-56-62-68-80(4)5/h80-84,89H,7-79H2,1-6H3,(H,94,95)(H,96,97)/t81?,82-,83+,84+/m0/s1. The van der Waals surface area contributed by atoms with Gasteiger partial charge in [-0.15, -0.1) is 0 Å². The molecule has 636 valence electrons. The molecule has 0 fully saturated rings. The van der Waals surface area contributed by atoms with E-state index in [4.69, 9.17) is 37.0 Å². The van der Waals surface area contributed by atoms with Crippen molar-refractivity contribution in [2.24, 2.45) is 11.8 Å². The number of rotatable bonds is 87. The highest BCUT2D eigenvalue weighted by Crippen LogP contribution is 2.45. The zero-order valence-electron chi connectivity index (χ0n) is 70.5. The van der Waals surface area contributed by atoms with E-state index in [1.807, 2.05) is 0 Å². The van der Waals surface area contributed by atoms with Gasteiger partial charge in [0.25, 0.3) is 0 Å². The number of phosphoric acid groups is 2. The van der Waals surface area contributed by atoms with Crippen LogP contribution in [0.4, 0.5) is 0 Å². The number of esters is 4. The van der Waals surface area contributed by atoms with E-state index in [0.29, 0.717) is 25.7 Å². The fraction of sp³-hybridized carbons (Fsp3) is 0.955. The lowest BCUT2D eigenvalue weighted by molar-refractivity contribution is -0.161. The van der Waals surface area contributed by atoms with Gasteiger partial charge in [-0.05, 0) is 37.5 Å². The molecule has 0 aromatic rings. The average molecular weight is 1560 g/mol. The molecule has 107 heavy (non-hydrogen) atoms. The molecular weight excluding hydrogens is 1390 g/mol. The number of hydrogen-bond acceptors (Lipinski definition) is 15. The molecule has 0 aliphatic carbocycles. The van der Waals surface area contributed by atoms with Gasteiger partial charge in [-0.1, -0.05) is 420 Å². The van der Waals surface area contributed by atoms with E-state index in [-0.39, 0.29) is 25.7 Å². The molecule has 0 aromatic heterocycles. The Bertz CT molecular complexity index is 2050. The van der Waals surface area contributed by atoms with E-state index in [2.05, 4.69) is 41.5 Å². The first-order valence-electron chi connectivity index (χ1n) is 45.5. The molecule has 0 radical (unpaired) electrons. The second-order valence-corrected chi connectivity index (χ2v) is 35.3. The summed E-state index contributed by atoms with van der Waals surface area (Å²) in [7, 11) is -9.93. The smallest absolute Gasteiger partial charge is 0.462 e. The second-order valence-electron chi connectivity index (χ2n) is 32.4. The third-order valence-corrected chi connectivity index (χ3v) is 23.0. The molecule has 0 aromatic carbocycles. The van der Waals surface area contributed by atoms with Crippen molar-refractivity contribution in [1.29, 1.82) is 0 Å². The summed E-state index contributed by atoms with van der Waals surface area (Å²) in [4.78, 5) is 73.2. The summed E-state index contributed by atoms with van der Waals surface area (Å²) in [5, 5.41) is 10.7. The van der Waals surface area contributed by atoms with Gasteiger partial charge in [0.1, 0.15) is 19.3 Å². The Hall–Kier alpha value is -1.94. The van der Waals surface area contributed by atoms with Crippen molar-refractivity contribution < 1.29 is 80.2 Å². The molecule has 0 spiro atoms. The molecule has 0 aliphatic rings. The molecule has 0 bridgehead atoms. The molecule has 3 N–H and O–H groups in total. The van der Waals surface area contributed by atoms with E-state index in [0.717, 1.165) is 102 Å². The van der Waals surface area contributed by atoms with Gasteiger partial charge < -0.3 is 33.8 Å². The molecule has 0 aliphatic heterocycles. The van der Waals surface area contributed by atoms with E-state index in [1.165, 1.54) is 289 Å².